The Morgan fingerprint density at radius 3 is 2.91 bits per heavy atom. The zero-order valence-corrected chi connectivity index (χ0v) is 13.6. The first-order valence-electron chi connectivity index (χ1n) is 6.77. The number of nitrogens with one attached hydrogen (secondary N) is 1. The molecule has 3 aromatic rings. The van der Waals surface area contributed by atoms with Crippen LogP contribution in [0.4, 0.5) is 10.8 Å². The minimum atomic E-state index is -0.0629. The number of thiophene rings is 1. The first-order valence-corrected chi connectivity index (χ1v) is 8.47. The lowest BCUT2D eigenvalue weighted by molar-refractivity contribution is -0.115. The predicted molar refractivity (Wildman–Crippen MR) is 93.4 cm³/mol. The Bertz CT molecular complexity index is 794. The maximum atomic E-state index is 12.3. The number of nitrogens with zero attached hydrogens (tertiary/aromatic N) is 1. The third-order valence-electron chi connectivity index (χ3n) is 3.09. The molecule has 0 spiro atoms. The Morgan fingerprint density at radius 1 is 1.32 bits per heavy atom. The average molecular weight is 329 g/mol. The van der Waals surface area contributed by atoms with Crippen molar-refractivity contribution in [3.8, 4) is 10.6 Å². The fourth-order valence-electron chi connectivity index (χ4n) is 2.17. The summed E-state index contributed by atoms with van der Waals surface area (Å²) in [6, 6.07) is 11.7. The monoisotopic (exact) mass is 329 g/mol. The van der Waals surface area contributed by atoms with Gasteiger partial charge in [-0.2, -0.15) is 0 Å². The van der Waals surface area contributed by atoms with Crippen LogP contribution in [0.15, 0.2) is 41.8 Å². The van der Waals surface area contributed by atoms with E-state index in [2.05, 4.69) is 10.3 Å². The molecule has 0 aliphatic carbocycles. The molecule has 6 heteroatoms. The van der Waals surface area contributed by atoms with E-state index in [9.17, 15) is 4.79 Å². The molecular formula is C16H15N3OS2. The van der Waals surface area contributed by atoms with Crippen molar-refractivity contribution in [2.45, 2.75) is 13.3 Å². The van der Waals surface area contributed by atoms with E-state index in [1.54, 1.807) is 11.3 Å². The van der Waals surface area contributed by atoms with Crippen molar-refractivity contribution in [1.29, 1.82) is 0 Å². The van der Waals surface area contributed by atoms with E-state index in [0.29, 0.717) is 5.13 Å². The van der Waals surface area contributed by atoms with Crippen molar-refractivity contribution in [3.63, 3.8) is 0 Å². The topological polar surface area (TPSA) is 68.0 Å². The van der Waals surface area contributed by atoms with Gasteiger partial charge in [0.05, 0.1) is 17.0 Å². The Balaban J connectivity index is 1.77. The number of hydrogen-bond acceptors (Lipinski definition) is 5. The van der Waals surface area contributed by atoms with E-state index < -0.39 is 0 Å². The molecule has 2 heterocycles. The number of anilines is 2. The summed E-state index contributed by atoms with van der Waals surface area (Å²) in [6.45, 7) is 1.99. The second kappa shape index (κ2) is 6.29. The summed E-state index contributed by atoms with van der Waals surface area (Å²) in [5.41, 5.74) is 8.55. The van der Waals surface area contributed by atoms with Gasteiger partial charge in [0.15, 0.2) is 5.13 Å². The third kappa shape index (κ3) is 3.35. The van der Waals surface area contributed by atoms with Gasteiger partial charge in [-0.05, 0) is 36.1 Å². The van der Waals surface area contributed by atoms with Crippen LogP contribution in [-0.2, 0) is 11.2 Å². The SMILES string of the molecule is Cc1cccc(NC(=O)Cc2sc(N)nc2-c2cccs2)c1. The van der Waals surface area contributed by atoms with E-state index in [1.165, 1.54) is 11.3 Å². The van der Waals surface area contributed by atoms with Gasteiger partial charge in [-0.3, -0.25) is 4.79 Å². The van der Waals surface area contributed by atoms with Gasteiger partial charge in [-0.15, -0.1) is 22.7 Å². The highest BCUT2D eigenvalue weighted by Crippen LogP contribution is 2.33. The van der Waals surface area contributed by atoms with Gasteiger partial charge in [0, 0.05) is 10.6 Å². The molecule has 0 fully saturated rings. The maximum Gasteiger partial charge on any atom is 0.229 e. The van der Waals surface area contributed by atoms with Gasteiger partial charge in [-0.25, -0.2) is 4.98 Å². The van der Waals surface area contributed by atoms with Crippen LogP contribution in [-0.4, -0.2) is 10.9 Å². The zero-order chi connectivity index (χ0) is 15.5. The minimum Gasteiger partial charge on any atom is -0.375 e. The Kier molecular flexibility index (Phi) is 4.22. The van der Waals surface area contributed by atoms with Gasteiger partial charge < -0.3 is 11.1 Å². The first-order chi connectivity index (χ1) is 10.6. The van der Waals surface area contributed by atoms with Crippen LogP contribution in [0.3, 0.4) is 0 Å². The molecule has 3 N–H and O–H groups in total. The van der Waals surface area contributed by atoms with Crippen LogP contribution >= 0.6 is 22.7 Å². The van der Waals surface area contributed by atoms with Crippen molar-refractivity contribution in [1.82, 2.24) is 4.98 Å². The molecule has 0 bridgehead atoms. The van der Waals surface area contributed by atoms with Crippen molar-refractivity contribution < 1.29 is 4.79 Å². The third-order valence-corrected chi connectivity index (χ3v) is 4.85. The van der Waals surface area contributed by atoms with Crippen LogP contribution in [0.5, 0.6) is 0 Å². The molecule has 3 rings (SSSR count). The number of hydrogen-bond donors (Lipinski definition) is 2. The molecule has 4 nitrogen and oxygen atoms in total. The molecule has 0 saturated heterocycles. The number of carbonyl (C=O) groups excluding carboxylic acids is 1. The van der Waals surface area contributed by atoms with E-state index >= 15 is 0 Å². The zero-order valence-electron chi connectivity index (χ0n) is 12.0. The molecule has 0 aliphatic rings. The van der Waals surface area contributed by atoms with Gasteiger partial charge in [0.2, 0.25) is 5.91 Å². The van der Waals surface area contributed by atoms with Crippen LogP contribution in [0.1, 0.15) is 10.4 Å². The van der Waals surface area contributed by atoms with E-state index in [-0.39, 0.29) is 12.3 Å². The second-order valence-electron chi connectivity index (χ2n) is 4.90. The molecule has 1 aromatic carbocycles. The summed E-state index contributed by atoms with van der Waals surface area (Å²) >= 11 is 2.96. The first kappa shape index (κ1) is 14.7. The normalized spacial score (nSPS) is 10.6. The van der Waals surface area contributed by atoms with Gasteiger partial charge in [-0.1, -0.05) is 18.2 Å². The lowest BCUT2D eigenvalue weighted by atomic mass is 10.2. The number of nitrogen functional groups attached to an aromatic ring is 1. The highest BCUT2D eigenvalue weighted by Gasteiger charge is 2.16. The number of thiazole rings is 1. The minimum absolute atomic E-state index is 0.0629. The number of aryl methyl sites for hydroxylation is 1. The molecular weight excluding hydrogens is 314 g/mol. The van der Waals surface area contributed by atoms with Crippen LogP contribution in [0.2, 0.25) is 0 Å². The highest BCUT2D eigenvalue weighted by atomic mass is 32.1. The van der Waals surface area contributed by atoms with E-state index in [1.807, 2.05) is 48.7 Å². The number of amides is 1. The largest absolute Gasteiger partial charge is 0.375 e. The highest BCUT2D eigenvalue weighted by molar-refractivity contribution is 7.17. The summed E-state index contributed by atoms with van der Waals surface area (Å²) < 4.78 is 0. The second-order valence-corrected chi connectivity index (χ2v) is 6.96. The number of aromatic nitrogens is 1. The van der Waals surface area contributed by atoms with Crippen LogP contribution in [0, 0.1) is 6.92 Å². The predicted octanol–water partition coefficient (Wildman–Crippen LogP) is 3.94. The van der Waals surface area contributed by atoms with Gasteiger partial charge in [0.25, 0.3) is 0 Å². The molecule has 0 radical (unpaired) electrons. The maximum absolute atomic E-state index is 12.3. The van der Waals surface area contributed by atoms with Crippen LogP contribution in [0.25, 0.3) is 10.6 Å². The lowest BCUT2D eigenvalue weighted by Gasteiger charge is -2.05. The fraction of sp³-hybridized carbons (Fsp3) is 0.125. The quantitative estimate of drug-likeness (QED) is 0.761. The van der Waals surface area contributed by atoms with Crippen molar-refractivity contribution >= 4 is 39.4 Å². The molecule has 2 aromatic heterocycles. The molecule has 0 saturated carbocycles. The number of carbonyl (C=O) groups is 1. The van der Waals surface area contributed by atoms with Crippen molar-refractivity contribution in [3.05, 3.63) is 52.2 Å². The van der Waals surface area contributed by atoms with Gasteiger partial charge >= 0.3 is 0 Å². The molecule has 22 heavy (non-hydrogen) atoms. The molecule has 112 valence electrons. The van der Waals surface area contributed by atoms with Gasteiger partial charge in [0.1, 0.15) is 0 Å². The van der Waals surface area contributed by atoms with Crippen molar-refractivity contribution in [2.24, 2.45) is 0 Å². The summed E-state index contributed by atoms with van der Waals surface area (Å²) in [6.07, 6.45) is 0.274. The Morgan fingerprint density at radius 2 is 2.18 bits per heavy atom. The Hall–Kier alpha value is -2.18. The molecule has 0 atom stereocenters. The lowest BCUT2D eigenvalue weighted by Crippen LogP contribution is -2.14. The molecule has 1 amide bonds. The average Bonchev–Trinajstić information content (AvgIpc) is 3.08. The molecule has 0 unspecified atom stereocenters. The van der Waals surface area contributed by atoms with E-state index in [0.717, 1.165) is 26.7 Å². The summed E-state index contributed by atoms with van der Waals surface area (Å²) in [5, 5.41) is 5.39. The standard InChI is InChI=1S/C16H15N3OS2/c1-10-4-2-5-11(8-10)18-14(20)9-13-15(19-16(17)22-13)12-6-3-7-21-12/h2-8H,9H2,1H3,(H2,17,19)(H,18,20). The summed E-state index contributed by atoms with van der Waals surface area (Å²) in [4.78, 5) is 18.5. The summed E-state index contributed by atoms with van der Waals surface area (Å²) in [5.74, 6) is -0.0629. The molecule has 0 aliphatic heterocycles. The number of benzene rings is 1. The number of rotatable bonds is 4. The Labute approximate surface area is 136 Å². The van der Waals surface area contributed by atoms with Crippen LogP contribution < -0.4 is 11.1 Å². The fourth-order valence-corrected chi connectivity index (χ4v) is 3.82. The summed E-state index contributed by atoms with van der Waals surface area (Å²) in [7, 11) is 0. The van der Waals surface area contributed by atoms with Crippen molar-refractivity contribution in [2.75, 3.05) is 11.1 Å². The van der Waals surface area contributed by atoms with E-state index in [4.69, 9.17) is 5.73 Å². The number of nitrogens with two attached hydrogens (primary N) is 1. The smallest absolute Gasteiger partial charge is 0.229 e.